The molecule has 8 heteroatoms. The summed E-state index contributed by atoms with van der Waals surface area (Å²) in [7, 11) is 3.73. The number of nitrogens with zero attached hydrogens (tertiary/aromatic N) is 2. The number of amides is 2. The SMILES string of the molecule is COc1ccc(CN(C)C[C@@H]2Oc3ccc(NC(=O)C4CCCCC4)cc3CC(=O)N([C@@H](C)CO)C[C@@H]2C)cc1. The molecule has 0 unspecified atom stereocenters. The van der Waals surface area contributed by atoms with Gasteiger partial charge in [-0.3, -0.25) is 14.5 Å². The van der Waals surface area contributed by atoms with Crippen LogP contribution in [0, 0.1) is 11.8 Å². The molecule has 3 atom stereocenters. The summed E-state index contributed by atoms with van der Waals surface area (Å²) in [6.07, 6.45) is 5.19. The fourth-order valence-electron chi connectivity index (χ4n) is 5.75. The number of hydrogen-bond acceptors (Lipinski definition) is 6. The predicted octanol–water partition coefficient (Wildman–Crippen LogP) is 4.50. The predicted molar refractivity (Wildman–Crippen MR) is 157 cm³/mol. The van der Waals surface area contributed by atoms with Crippen LogP contribution in [0.3, 0.4) is 0 Å². The Kier molecular flexibility index (Phi) is 10.5. The number of likely N-dealkylation sites (N-methyl/N-ethyl adjacent to an activating group) is 1. The number of fused-ring (bicyclic) bond motifs is 1. The number of aliphatic hydroxyl groups excluding tert-OH is 1. The van der Waals surface area contributed by atoms with E-state index in [4.69, 9.17) is 9.47 Å². The average molecular weight is 552 g/mol. The second-order valence-corrected chi connectivity index (χ2v) is 11.6. The van der Waals surface area contributed by atoms with E-state index in [9.17, 15) is 14.7 Å². The van der Waals surface area contributed by atoms with Crippen molar-refractivity contribution in [1.82, 2.24) is 9.80 Å². The van der Waals surface area contributed by atoms with Crippen LogP contribution in [0.5, 0.6) is 11.5 Å². The number of anilines is 1. The Labute approximate surface area is 238 Å². The number of methoxy groups -OCH3 is 1. The first-order valence-corrected chi connectivity index (χ1v) is 14.6. The van der Waals surface area contributed by atoms with Crippen LogP contribution >= 0.6 is 0 Å². The Morgan fingerprint density at radius 2 is 1.90 bits per heavy atom. The lowest BCUT2D eigenvalue weighted by Crippen LogP contribution is -2.47. The van der Waals surface area contributed by atoms with Crippen molar-refractivity contribution >= 4 is 17.5 Å². The molecule has 40 heavy (non-hydrogen) atoms. The molecular weight excluding hydrogens is 506 g/mol. The van der Waals surface area contributed by atoms with Crippen LogP contribution < -0.4 is 14.8 Å². The van der Waals surface area contributed by atoms with E-state index in [0.29, 0.717) is 24.5 Å². The topological polar surface area (TPSA) is 91.3 Å². The Bertz CT molecular complexity index is 1130. The third kappa shape index (κ3) is 7.76. The van der Waals surface area contributed by atoms with Gasteiger partial charge in [0.15, 0.2) is 0 Å². The van der Waals surface area contributed by atoms with Gasteiger partial charge in [0.25, 0.3) is 0 Å². The maximum atomic E-state index is 13.5. The third-order valence-electron chi connectivity index (χ3n) is 8.26. The summed E-state index contributed by atoms with van der Waals surface area (Å²) in [4.78, 5) is 30.4. The standard InChI is InChI=1S/C32H45N3O5/c1-22-18-35(23(2)21-36)31(37)17-26-16-27(33-32(38)25-8-6-5-7-9-25)12-15-29(26)40-30(22)20-34(3)19-24-10-13-28(39-4)14-11-24/h10-16,22-23,25,30,36H,5-9,17-21H2,1-4H3,(H,33,38)/t22-,23-,30-/m0/s1. The van der Waals surface area contributed by atoms with Gasteiger partial charge in [0.05, 0.1) is 26.2 Å². The minimum Gasteiger partial charge on any atom is -0.497 e. The molecule has 2 aromatic carbocycles. The van der Waals surface area contributed by atoms with E-state index in [2.05, 4.69) is 36.3 Å². The maximum Gasteiger partial charge on any atom is 0.227 e. The van der Waals surface area contributed by atoms with Crippen molar-refractivity contribution in [2.75, 3.05) is 39.2 Å². The largest absolute Gasteiger partial charge is 0.497 e. The number of carbonyl (C=O) groups is 2. The molecular formula is C32H45N3O5. The highest BCUT2D eigenvalue weighted by atomic mass is 16.5. The molecule has 0 spiro atoms. The highest BCUT2D eigenvalue weighted by molar-refractivity contribution is 5.93. The minimum atomic E-state index is -0.302. The second-order valence-electron chi connectivity index (χ2n) is 11.6. The highest BCUT2D eigenvalue weighted by Gasteiger charge is 2.31. The number of carbonyl (C=O) groups excluding carboxylic acids is 2. The van der Waals surface area contributed by atoms with Gasteiger partial charge in [0.2, 0.25) is 11.8 Å². The smallest absolute Gasteiger partial charge is 0.227 e. The van der Waals surface area contributed by atoms with E-state index in [0.717, 1.165) is 43.5 Å². The molecule has 0 aromatic heterocycles. The Morgan fingerprint density at radius 1 is 1.18 bits per heavy atom. The van der Waals surface area contributed by atoms with Gasteiger partial charge in [0.1, 0.15) is 17.6 Å². The number of hydrogen-bond donors (Lipinski definition) is 2. The summed E-state index contributed by atoms with van der Waals surface area (Å²) in [5.41, 5.74) is 2.61. The zero-order valence-corrected chi connectivity index (χ0v) is 24.4. The Balaban J connectivity index is 1.55. The number of aliphatic hydroxyl groups is 1. The molecule has 0 bridgehead atoms. The molecule has 8 nitrogen and oxygen atoms in total. The first kappa shape index (κ1) is 29.9. The number of benzene rings is 2. The van der Waals surface area contributed by atoms with Gasteiger partial charge >= 0.3 is 0 Å². The van der Waals surface area contributed by atoms with Crippen molar-refractivity contribution in [1.29, 1.82) is 0 Å². The van der Waals surface area contributed by atoms with Gasteiger partial charge in [-0.05, 0) is 62.7 Å². The average Bonchev–Trinajstić information content (AvgIpc) is 3.01. The summed E-state index contributed by atoms with van der Waals surface area (Å²) in [5, 5.41) is 13.0. The van der Waals surface area contributed by atoms with Crippen LogP contribution in [0.1, 0.15) is 57.1 Å². The molecule has 1 aliphatic heterocycles. The second kappa shape index (κ2) is 14.0. The summed E-state index contributed by atoms with van der Waals surface area (Å²) in [6.45, 7) is 5.75. The first-order chi connectivity index (χ1) is 19.3. The van der Waals surface area contributed by atoms with E-state index in [-0.39, 0.29) is 48.8 Å². The fraction of sp³-hybridized carbons (Fsp3) is 0.562. The molecule has 1 heterocycles. The molecule has 2 N–H and O–H groups in total. The Morgan fingerprint density at radius 3 is 2.58 bits per heavy atom. The summed E-state index contributed by atoms with van der Waals surface area (Å²) >= 11 is 0. The van der Waals surface area contributed by atoms with E-state index in [1.54, 1.807) is 12.0 Å². The van der Waals surface area contributed by atoms with E-state index in [1.165, 1.54) is 12.0 Å². The number of ether oxygens (including phenoxy) is 2. The molecule has 1 aliphatic carbocycles. The fourth-order valence-corrected chi connectivity index (χ4v) is 5.75. The van der Waals surface area contributed by atoms with Gasteiger partial charge in [-0.15, -0.1) is 0 Å². The van der Waals surface area contributed by atoms with Crippen LogP contribution in [0.2, 0.25) is 0 Å². The molecule has 2 aromatic rings. The highest BCUT2D eigenvalue weighted by Crippen LogP contribution is 2.31. The molecule has 218 valence electrons. The van der Waals surface area contributed by atoms with E-state index in [1.807, 2.05) is 37.3 Å². The van der Waals surface area contributed by atoms with E-state index >= 15 is 0 Å². The van der Waals surface area contributed by atoms with Gasteiger partial charge < -0.3 is 24.8 Å². The van der Waals surface area contributed by atoms with Crippen LogP contribution in [0.15, 0.2) is 42.5 Å². The Hall–Kier alpha value is -3.10. The van der Waals surface area contributed by atoms with Crippen LogP contribution in [0.4, 0.5) is 5.69 Å². The van der Waals surface area contributed by atoms with Gasteiger partial charge in [-0.25, -0.2) is 0 Å². The molecule has 0 saturated heterocycles. The van der Waals surface area contributed by atoms with Crippen LogP contribution in [-0.2, 0) is 22.6 Å². The quantitative estimate of drug-likeness (QED) is 0.477. The third-order valence-corrected chi connectivity index (χ3v) is 8.26. The van der Waals surface area contributed by atoms with Crippen molar-refractivity contribution < 1.29 is 24.2 Å². The molecule has 1 saturated carbocycles. The first-order valence-electron chi connectivity index (χ1n) is 14.6. The lowest BCUT2D eigenvalue weighted by molar-refractivity contribution is -0.134. The minimum absolute atomic E-state index is 0.0212. The zero-order chi connectivity index (χ0) is 28.6. The van der Waals surface area contributed by atoms with Crippen LogP contribution in [-0.4, -0.2) is 72.7 Å². The normalized spacial score (nSPS) is 21.1. The summed E-state index contributed by atoms with van der Waals surface area (Å²) in [6, 6.07) is 13.4. The summed E-state index contributed by atoms with van der Waals surface area (Å²) in [5.74, 6) is 1.56. The molecule has 1 fully saturated rings. The van der Waals surface area contributed by atoms with Crippen molar-refractivity contribution in [2.45, 2.75) is 71.1 Å². The van der Waals surface area contributed by atoms with Crippen molar-refractivity contribution in [3.05, 3.63) is 53.6 Å². The monoisotopic (exact) mass is 551 g/mol. The van der Waals surface area contributed by atoms with Gasteiger partial charge in [-0.2, -0.15) is 0 Å². The lowest BCUT2D eigenvalue weighted by Gasteiger charge is -2.34. The molecule has 2 aliphatic rings. The van der Waals surface area contributed by atoms with E-state index < -0.39 is 0 Å². The molecule has 2 amide bonds. The summed E-state index contributed by atoms with van der Waals surface area (Å²) < 4.78 is 11.9. The lowest BCUT2D eigenvalue weighted by atomic mass is 9.88. The number of nitrogens with one attached hydrogen (secondary N) is 1. The maximum absolute atomic E-state index is 13.5. The zero-order valence-electron chi connectivity index (χ0n) is 24.4. The number of rotatable bonds is 9. The van der Waals surface area contributed by atoms with Crippen molar-refractivity contribution in [2.24, 2.45) is 11.8 Å². The van der Waals surface area contributed by atoms with Crippen LogP contribution in [0.25, 0.3) is 0 Å². The van der Waals surface area contributed by atoms with Crippen molar-refractivity contribution in [3.8, 4) is 11.5 Å². The molecule has 4 rings (SSSR count). The van der Waals surface area contributed by atoms with Gasteiger partial charge in [-0.1, -0.05) is 38.3 Å². The molecule has 0 radical (unpaired) electrons. The van der Waals surface area contributed by atoms with Crippen molar-refractivity contribution in [3.63, 3.8) is 0 Å². The van der Waals surface area contributed by atoms with Gasteiger partial charge in [0, 0.05) is 42.7 Å².